The SMILES string of the molecule is CC(CC1CCC2(CCCC2)O1)C(=O)c1ccccc1. The van der Waals surface area contributed by atoms with Gasteiger partial charge in [0.1, 0.15) is 0 Å². The summed E-state index contributed by atoms with van der Waals surface area (Å²) in [6.45, 7) is 2.04. The fourth-order valence-electron chi connectivity index (χ4n) is 3.84. The summed E-state index contributed by atoms with van der Waals surface area (Å²) in [6.07, 6.45) is 8.56. The Hall–Kier alpha value is -1.15. The van der Waals surface area contributed by atoms with Crippen molar-refractivity contribution >= 4 is 5.78 Å². The predicted molar refractivity (Wildman–Crippen MR) is 79.9 cm³/mol. The number of benzene rings is 1. The zero-order valence-electron chi connectivity index (χ0n) is 12.3. The van der Waals surface area contributed by atoms with Crippen molar-refractivity contribution in [3.63, 3.8) is 0 Å². The molecule has 1 aromatic carbocycles. The van der Waals surface area contributed by atoms with Crippen LogP contribution in [0.25, 0.3) is 0 Å². The van der Waals surface area contributed by atoms with Gasteiger partial charge in [-0.25, -0.2) is 0 Å². The third-order valence-corrected chi connectivity index (χ3v) is 4.98. The van der Waals surface area contributed by atoms with Crippen molar-refractivity contribution in [3.8, 4) is 0 Å². The van der Waals surface area contributed by atoms with Gasteiger partial charge < -0.3 is 4.74 Å². The summed E-state index contributed by atoms with van der Waals surface area (Å²) >= 11 is 0. The standard InChI is InChI=1S/C18H24O2/c1-14(17(19)15-7-3-2-4-8-15)13-16-9-12-18(20-16)10-5-6-11-18/h2-4,7-8,14,16H,5-6,9-13H2,1H3. The largest absolute Gasteiger partial charge is 0.372 e. The molecule has 0 radical (unpaired) electrons. The Bertz CT molecular complexity index is 460. The Morgan fingerprint density at radius 1 is 1.25 bits per heavy atom. The Morgan fingerprint density at radius 2 is 1.95 bits per heavy atom. The van der Waals surface area contributed by atoms with Gasteiger partial charge in [-0.3, -0.25) is 4.79 Å². The lowest BCUT2D eigenvalue weighted by atomic mass is 9.92. The molecule has 2 heteroatoms. The zero-order chi connectivity index (χ0) is 14.0. The van der Waals surface area contributed by atoms with Gasteiger partial charge in [0.15, 0.2) is 5.78 Å². The van der Waals surface area contributed by atoms with Gasteiger partial charge in [0, 0.05) is 11.5 Å². The van der Waals surface area contributed by atoms with Crippen LogP contribution < -0.4 is 0 Å². The van der Waals surface area contributed by atoms with Gasteiger partial charge in [-0.05, 0) is 32.1 Å². The van der Waals surface area contributed by atoms with E-state index < -0.39 is 0 Å². The van der Waals surface area contributed by atoms with Crippen molar-refractivity contribution in [2.45, 2.75) is 63.6 Å². The van der Waals surface area contributed by atoms with E-state index in [1.54, 1.807) is 0 Å². The van der Waals surface area contributed by atoms with E-state index in [-0.39, 0.29) is 23.4 Å². The van der Waals surface area contributed by atoms with E-state index in [9.17, 15) is 4.79 Å². The molecule has 2 fully saturated rings. The molecule has 1 spiro atoms. The summed E-state index contributed by atoms with van der Waals surface area (Å²) in [4.78, 5) is 12.4. The molecule has 1 heterocycles. The molecule has 1 saturated carbocycles. The first-order valence-electron chi connectivity index (χ1n) is 7.96. The average molecular weight is 272 g/mol. The van der Waals surface area contributed by atoms with Gasteiger partial charge in [-0.2, -0.15) is 0 Å². The van der Waals surface area contributed by atoms with E-state index in [0.29, 0.717) is 0 Å². The van der Waals surface area contributed by atoms with Crippen LogP contribution in [-0.2, 0) is 4.74 Å². The minimum absolute atomic E-state index is 0.0546. The fraction of sp³-hybridized carbons (Fsp3) is 0.611. The molecule has 2 atom stereocenters. The van der Waals surface area contributed by atoms with E-state index in [0.717, 1.165) is 18.4 Å². The second-order valence-electron chi connectivity index (χ2n) is 6.54. The lowest BCUT2D eigenvalue weighted by Gasteiger charge is -2.24. The summed E-state index contributed by atoms with van der Waals surface area (Å²) in [5.74, 6) is 0.306. The van der Waals surface area contributed by atoms with Gasteiger partial charge in [-0.1, -0.05) is 50.1 Å². The van der Waals surface area contributed by atoms with Crippen LogP contribution in [-0.4, -0.2) is 17.5 Å². The van der Waals surface area contributed by atoms with Crippen molar-refractivity contribution in [1.29, 1.82) is 0 Å². The maximum atomic E-state index is 12.4. The Kier molecular flexibility index (Phi) is 3.93. The molecule has 20 heavy (non-hydrogen) atoms. The molecule has 2 aliphatic rings. The number of hydrogen-bond acceptors (Lipinski definition) is 2. The smallest absolute Gasteiger partial charge is 0.165 e. The lowest BCUT2D eigenvalue weighted by molar-refractivity contribution is -0.0423. The molecule has 108 valence electrons. The van der Waals surface area contributed by atoms with Crippen LogP contribution in [0.5, 0.6) is 0 Å². The lowest BCUT2D eigenvalue weighted by Crippen LogP contribution is -2.26. The molecule has 3 rings (SSSR count). The van der Waals surface area contributed by atoms with Crippen molar-refractivity contribution in [1.82, 2.24) is 0 Å². The molecule has 2 unspecified atom stereocenters. The molecular formula is C18H24O2. The minimum Gasteiger partial charge on any atom is -0.372 e. The first-order chi connectivity index (χ1) is 9.69. The molecule has 0 aromatic heterocycles. The highest BCUT2D eigenvalue weighted by Crippen LogP contribution is 2.44. The van der Waals surface area contributed by atoms with Crippen LogP contribution >= 0.6 is 0 Å². The highest BCUT2D eigenvalue weighted by molar-refractivity contribution is 5.97. The molecule has 2 nitrogen and oxygen atoms in total. The van der Waals surface area contributed by atoms with Crippen molar-refractivity contribution in [2.75, 3.05) is 0 Å². The van der Waals surface area contributed by atoms with Crippen LogP contribution in [0, 0.1) is 5.92 Å². The Balaban J connectivity index is 1.57. The van der Waals surface area contributed by atoms with Crippen LogP contribution in [0.4, 0.5) is 0 Å². The highest BCUT2D eigenvalue weighted by atomic mass is 16.5. The first-order valence-corrected chi connectivity index (χ1v) is 7.96. The molecule has 1 aliphatic heterocycles. The topological polar surface area (TPSA) is 26.3 Å². The van der Waals surface area contributed by atoms with Gasteiger partial charge in [0.25, 0.3) is 0 Å². The Morgan fingerprint density at radius 3 is 2.65 bits per heavy atom. The second kappa shape index (κ2) is 5.69. The fourth-order valence-corrected chi connectivity index (χ4v) is 3.84. The van der Waals surface area contributed by atoms with Crippen LogP contribution in [0.1, 0.15) is 62.2 Å². The van der Waals surface area contributed by atoms with Gasteiger partial charge in [0.05, 0.1) is 11.7 Å². The molecule has 0 amide bonds. The number of ketones is 1. The number of carbonyl (C=O) groups excluding carboxylic acids is 1. The third-order valence-electron chi connectivity index (χ3n) is 4.98. The highest BCUT2D eigenvalue weighted by Gasteiger charge is 2.42. The molecule has 1 aliphatic carbocycles. The number of hydrogen-bond donors (Lipinski definition) is 0. The minimum atomic E-state index is 0.0546. The van der Waals surface area contributed by atoms with Crippen molar-refractivity contribution < 1.29 is 9.53 Å². The number of Topliss-reactive ketones (excluding diaryl/α,β-unsaturated/α-hetero) is 1. The summed E-state index contributed by atoms with van der Waals surface area (Å²) in [5, 5.41) is 0. The quantitative estimate of drug-likeness (QED) is 0.760. The van der Waals surface area contributed by atoms with Crippen LogP contribution in [0.15, 0.2) is 30.3 Å². The second-order valence-corrected chi connectivity index (χ2v) is 6.54. The molecule has 1 saturated heterocycles. The number of carbonyl (C=O) groups is 1. The molecule has 1 aromatic rings. The van der Waals surface area contributed by atoms with Crippen LogP contribution in [0.2, 0.25) is 0 Å². The normalized spacial score (nSPS) is 25.9. The van der Waals surface area contributed by atoms with Gasteiger partial charge in [-0.15, -0.1) is 0 Å². The summed E-state index contributed by atoms with van der Waals surface area (Å²) in [5.41, 5.74) is 1.01. The average Bonchev–Trinajstić information content (AvgIpc) is 3.09. The van der Waals surface area contributed by atoms with Crippen molar-refractivity contribution in [2.24, 2.45) is 5.92 Å². The van der Waals surface area contributed by atoms with E-state index in [1.807, 2.05) is 37.3 Å². The van der Waals surface area contributed by atoms with Gasteiger partial charge >= 0.3 is 0 Å². The zero-order valence-corrected chi connectivity index (χ0v) is 12.3. The number of rotatable bonds is 4. The number of ether oxygens (including phenoxy) is 1. The van der Waals surface area contributed by atoms with Gasteiger partial charge in [0.2, 0.25) is 0 Å². The monoisotopic (exact) mass is 272 g/mol. The van der Waals surface area contributed by atoms with Crippen LogP contribution in [0.3, 0.4) is 0 Å². The molecule has 0 bridgehead atoms. The van der Waals surface area contributed by atoms with E-state index in [2.05, 4.69) is 0 Å². The summed E-state index contributed by atoms with van der Waals surface area (Å²) in [7, 11) is 0. The van der Waals surface area contributed by atoms with Crippen molar-refractivity contribution in [3.05, 3.63) is 35.9 Å². The predicted octanol–water partition coefficient (Wildman–Crippen LogP) is 4.39. The summed E-state index contributed by atoms with van der Waals surface area (Å²) < 4.78 is 6.31. The molecular weight excluding hydrogens is 248 g/mol. The summed E-state index contributed by atoms with van der Waals surface area (Å²) in [6, 6.07) is 9.63. The Labute approximate surface area is 121 Å². The van der Waals surface area contributed by atoms with E-state index in [4.69, 9.17) is 4.74 Å². The maximum Gasteiger partial charge on any atom is 0.165 e. The maximum absolute atomic E-state index is 12.4. The third kappa shape index (κ3) is 2.80. The first kappa shape index (κ1) is 13.8. The molecule has 0 N–H and O–H groups in total. The van der Waals surface area contributed by atoms with E-state index >= 15 is 0 Å². The van der Waals surface area contributed by atoms with E-state index in [1.165, 1.54) is 32.1 Å².